The number of nitrogens with zero attached hydrogens (tertiary/aromatic N) is 1. The summed E-state index contributed by atoms with van der Waals surface area (Å²) >= 11 is 17.8. The van der Waals surface area contributed by atoms with Crippen molar-refractivity contribution < 1.29 is 9.05 Å². The normalized spacial score (nSPS) is 23.3. The number of fused-ring (bicyclic) bond motifs is 1. The van der Waals surface area contributed by atoms with Crippen molar-refractivity contribution in [3.8, 4) is 5.75 Å². The van der Waals surface area contributed by atoms with Gasteiger partial charge in [0.2, 0.25) is 0 Å². The molecule has 0 aromatic heterocycles. The molecule has 0 aliphatic carbocycles. The van der Waals surface area contributed by atoms with Crippen LogP contribution in [0.4, 0.5) is 0 Å². The molecule has 2 rings (SSSR count). The van der Waals surface area contributed by atoms with E-state index in [1.165, 1.54) is 0 Å². The highest BCUT2D eigenvalue weighted by Gasteiger charge is 2.38. The molecule has 0 saturated heterocycles. The van der Waals surface area contributed by atoms with E-state index in [1.807, 2.05) is 13.0 Å². The molecule has 0 saturated carbocycles. The first kappa shape index (κ1) is 15.6. The topological polar surface area (TPSA) is 21.7 Å². The summed E-state index contributed by atoms with van der Waals surface area (Å²) in [7, 11) is 0. The molecule has 1 aromatic rings. The number of halogens is 2. The van der Waals surface area contributed by atoms with Crippen LogP contribution in [0.2, 0.25) is 10.0 Å². The molecule has 1 aliphatic heterocycles. The van der Waals surface area contributed by atoms with Crippen molar-refractivity contribution in [2.75, 3.05) is 6.61 Å². The maximum atomic E-state index is 6.19. The summed E-state index contributed by atoms with van der Waals surface area (Å²) in [4.78, 5) is 0. The molecular weight excluding hydrogens is 324 g/mol. The highest BCUT2D eigenvalue weighted by atomic mass is 35.5. The van der Waals surface area contributed by atoms with Crippen molar-refractivity contribution in [2.45, 2.75) is 33.4 Å². The van der Waals surface area contributed by atoms with E-state index < -0.39 is 6.64 Å². The number of hydrogen-bond acceptors (Lipinski definition) is 3. The monoisotopic (exact) mass is 339 g/mol. The summed E-state index contributed by atoms with van der Waals surface area (Å²) in [5.41, 5.74) is 0.950. The first-order valence-electron chi connectivity index (χ1n) is 6.06. The highest BCUT2D eigenvalue weighted by Crippen LogP contribution is 2.59. The van der Waals surface area contributed by atoms with Crippen LogP contribution < -0.4 is 4.52 Å². The van der Waals surface area contributed by atoms with Crippen molar-refractivity contribution in [3.63, 3.8) is 0 Å². The molecule has 1 aromatic carbocycles. The third kappa shape index (κ3) is 3.10. The smallest absolute Gasteiger partial charge is 0.316 e. The second-order valence-corrected chi connectivity index (χ2v) is 8.66. The molecule has 19 heavy (non-hydrogen) atoms. The third-order valence-corrected chi connectivity index (χ3v) is 6.73. The van der Waals surface area contributed by atoms with Crippen molar-refractivity contribution in [2.24, 2.45) is 0 Å². The Morgan fingerprint density at radius 1 is 1.47 bits per heavy atom. The van der Waals surface area contributed by atoms with Gasteiger partial charge in [-0.1, -0.05) is 23.2 Å². The van der Waals surface area contributed by atoms with Crippen LogP contribution in [0.1, 0.15) is 26.3 Å². The Kier molecular flexibility index (Phi) is 4.82. The fraction of sp³-hybridized carbons (Fsp3) is 0.500. The summed E-state index contributed by atoms with van der Waals surface area (Å²) in [5.74, 6) is 0.611. The molecule has 106 valence electrons. The van der Waals surface area contributed by atoms with Gasteiger partial charge >= 0.3 is 6.64 Å². The number of benzene rings is 1. The Hall–Kier alpha value is 0.170. The summed E-state index contributed by atoms with van der Waals surface area (Å²) in [5, 5.41) is 1.09. The van der Waals surface area contributed by atoms with Crippen LogP contribution in [0.3, 0.4) is 0 Å². The second kappa shape index (κ2) is 5.88. The van der Waals surface area contributed by atoms with Crippen LogP contribution in [-0.2, 0) is 22.9 Å². The number of hydrogen-bond donors (Lipinski definition) is 0. The molecular formula is C12H16Cl2NO2PS. The Labute approximate surface area is 129 Å². The number of rotatable bonds is 3. The molecule has 0 amide bonds. The zero-order chi connectivity index (χ0) is 14.2. The first-order chi connectivity index (χ1) is 8.87. The minimum atomic E-state index is -2.51. The molecule has 1 unspecified atom stereocenters. The molecule has 0 radical (unpaired) electrons. The van der Waals surface area contributed by atoms with Gasteiger partial charge in [-0.05, 0) is 44.7 Å². The predicted octanol–water partition coefficient (Wildman–Crippen LogP) is 4.86. The van der Waals surface area contributed by atoms with E-state index in [-0.39, 0.29) is 6.04 Å². The van der Waals surface area contributed by atoms with E-state index in [2.05, 4.69) is 18.5 Å². The quantitative estimate of drug-likeness (QED) is 0.733. The van der Waals surface area contributed by atoms with Gasteiger partial charge in [0.05, 0.1) is 11.6 Å². The highest BCUT2D eigenvalue weighted by molar-refractivity contribution is 8.08. The lowest BCUT2D eigenvalue weighted by molar-refractivity contribution is 0.227. The summed E-state index contributed by atoms with van der Waals surface area (Å²) < 4.78 is 13.8. The van der Waals surface area contributed by atoms with E-state index in [9.17, 15) is 0 Å². The lowest BCUT2D eigenvalue weighted by atomic mass is 10.2. The minimum Gasteiger partial charge on any atom is -0.431 e. The Balaban J connectivity index is 2.48. The van der Waals surface area contributed by atoms with Crippen molar-refractivity contribution >= 4 is 41.7 Å². The lowest BCUT2D eigenvalue weighted by Crippen LogP contribution is -2.33. The van der Waals surface area contributed by atoms with Crippen LogP contribution in [0.25, 0.3) is 0 Å². The maximum Gasteiger partial charge on any atom is 0.316 e. The van der Waals surface area contributed by atoms with Crippen LogP contribution in [-0.4, -0.2) is 17.3 Å². The van der Waals surface area contributed by atoms with Crippen LogP contribution in [0.5, 0.6) is 5.75 Å². The van der Waals surface area contributed by atoms with Crippen LogP contribution in [0.15, 0.2) is 12.1 Å². The molecule has 0 spiro atoms. The summed E-state index contributed by atoms with van der Waals surface area (Å²) in [6, 6.07) is 3.75. The van der Waals surface area contributed by atoms with E-state index in [1.54, 1.807) is 6.07 Å². The molecule has 0 N–H and O–H groups in total. The van der Waals surface area contributed by atoms with Gasteiger partial charge in [-0.3, -0.25) is 0 Å². The fourth-order valence-corrected chi connectivity index (χ4v) is 5.87. The molecule has 1 aliphatic rings. The predicted molar refractivity (Wildman–Crippen MR) is 83.7 cm³/mol. The van der Waals surface area contributed by atoms with Crippen molar-refractivity contribution in [1.82, 2.24) is 4.67 Å². The molecule has 0 fully saturated rings. The Morgan fingerprint density at radius 3 is 2.74 bits per heavy atom. The lowest BCUT2D eigenvalue weighted by Gasteiger charge is -2.40. The van der Waals surface area contributed by atoms with Gasteiger partial charge in [0, 0.05) is 23.2 Å². The molecule has 1 heterocycles. The third-order valence-electron chi connectivity index (χ3n) is 2.83. The average Bonchev–Trinajstić information content (AvgIpc) is 2.29. The second-order valence-electron chi connectivity index (χ2n) is 4.54. The van der Waals surface area contributed by atoms with Gasteiger partial charge in [0.25, 0.3) is 0 Å². The summed E-state index contributed by atoms with van der Waals surface area (Å²) in [6.45, 7) is 4.70. The molecule has 0 bridgehead atoms. The summed E-state index contributed by atoms with van der Waals surface area (Å²) in [6.07, 6.45) is 0. The van der Waals surface area contributed by atoms with Crippen LogP contribution in [0, 0.1) is 0 Å². The van der Waals surface area contributed by atoms with E-state index in [0.29, 0.717) is 28.9 Å². The van der Waals surface area contributed by atoms with Crippen LogP contribution >= 0.6 is 29.8 Å². The standard InChI is InChI=1S/C12H16Cl2NO2PS/c1-4-16-18(19)15(8(2)3)7-9-5-10(13)6-11(14)12(9)17-18/h5-6,8H,4,7H2,1-3H3. The van der Waals surface area contributed by atoms with Gasteiger partial charge in [-0.25, -0.2) is 4.67 Å². The van der Waals surface area contributed by atoms with E-state index in [4.69, 9.17) is 44.1 Å². The average molecular weight is 340 g/mol. The van der Waals surface area contributed by atoms with Gasteiger partial charge < -0.3 is 9.05 Å². The Bertz CT molecular complexity index is 539. The van der Waals surface area contributed by atoms with E-state index >= 15 is 0 Å². The molecule has 7 heteroatoms. The van der Waals surface area contributed by atoms with Crippen molar-refractivity contribution in [3.05, 3.63) is 27.7 Å². The van der Waals surface area contributed by atoms with E-state index in [0.717, 1.165) is 5.56 Å². The van der Waals surface area contributed by atoms with Crippen molar-refractivity contribution in [1.29, 1.82) is 0 Å². The van der Waals surface area contributed by atoms with Gasteiger partial charge in [-0.15, -0.1) is 0 Å². The first-order valence-corrected chi connectivity index (χ1v) is 9.41. The Morgan fingerprint density at radius 2 is 2.16 bits per heavy atom. The SMILES string of the molecule is CCOP1(=S)Oc2c(Cl)cc(Cl)cc2CN1C(C)C. The van der Waals surface area contributed by atoms with Gasteiger partial charge in [0.1, 0.15) is 0 Å². The largest absolute Gasteiger partial charge is 0.431 e. The zero-order valence-electron chi connectivity index (χ0n) is 11.0. The molecule has 1 atom stereocenters. The minimum absolute atomic E-state index is 0.225. The van der Waals surface area contributed by atoms with Gasteiger partial charge in [-0.2, -0.15) is 0 Å². The fourth-order valence-electron chi connectivity index (χ4n) is 1.99. The zero-order valence-corrected chi connectivity index (χ0v) is 14.2. The maximum absolute atomic E-state index is 6.19. The van der Waals surface area contributed by atoms with Gasteiger partial charge in [0.15, 0.2) is 5.75 Å². The molecule has 3 nitrogen and oxygen atoms in total.